The van der Waals surface area contributed by atoms with E-state index in [1.165, 1.54) is 0 Å². The fourth-order valence-corrected chi connectivity index (χ4v) is 5.03. The van der Waals surface area contributed by atoms with E-state index in [0.717, 1.165) is 5.56 Å². The van der Waals surface area contributed by atoms with Crippen LogP contribution in [0.15, 0.2) is 59.8 Å². The third-order valence-electron chi connectivity index (χ3n) is 6.59. The van der Waals surface area contributed by atoms with Crippen molar-refractivity contribution in [1.82, 2.24) is 20.0 Å². The third-order valence-corrected chi connectivity index (χ3v) is 7.17. The van der Waals surface area contributed by atoms with Gasteiger partial charge < -0.3 is 15.0 Å². The maximum atomic E-state index is 13.2. The molecule has 37 heavy (non-hydrogen) atoms. The smallest absolute Gasteiger partial charge is 0.338 e. The number of carbonyl (C=O) groups is 3. The molecule has 10 heteroatoms. The van der Waals surface area contributed by atoms with E-state index in [4.69, 9.17) is 27.9 Å². The Balaban J connectivity index is 1.59. The van der Waals surface area contributed by atoms with Crippen LogP contribution in [0.1, 0.15) is 35.8 Å². The van der Waals surface area contributed by atoms with Crippen molar-refractivity contribution in [3.8, 4) is 0 Å². The molecule has 1 unspecified atom stereocenters. The van der Waals surface area contributed by atoms with Crippen molar-refractivity contribution >= 4 is 41.1 Å². The SMILES string of the molecule is CCOC(=O)C1=C(CN2CCN(C(=O)c3ccccc3Cl)CC2)N(CC)C(=O)NC1c1ccc(Cl)cc1. The van der Waals surface area contributed by atoms with Crippen molar-refractivity contribution in [3.63, 3.8) is 0 Å². The summed E-state index contributed by atoms with van der Waals surface area (Å²) in [6.07, 6.45) is 0. The molecule has 0 aromatic heterocycles. The number of esters is 1. The average Bonchev–Trinajstić information content (AvgIpc) is 2.89. The largest absolute Gasteiger partial charge is 0.463 e. The molecule has 8 nitrogen and oxygen atoms in total. The summed E-state index contributed by atoms with van der Waals surface area (Å²) in [6, 6.07) is 13.1. The Labute approximate surface area is 226 Å². The maximum absolute atomic E-state index is 13.2. The zero-order chi connectivity index (χ0) is 26.5. The topological polar surface area (TPSA) is 82.2 Å². The van der Waals surface area contributed by atoms with Crippen molar-refractivity contribution in [2.24, 2.45) is 0 Å². The van der Waals surface area contributed by atoms with Crippen molar-refractivity contribution in [2.45, 2.75) is 19.9 Å². The Morgan fingerprint density at radius 2 is 1.68 bits per heavy atom. The monoisotopic (exact) mass is 544 g/mol. The molecule has 1 fully saturated rings. The van der Waals surface area contributed by atoms with Gasteiger partial charge in [-0.25, -0.2) is 9.59 Å². The van der Waals surface area contributed by atoms with Gasteiger partial charge in [0.1, 0.15) is 0 Å². The molecule has 1 saturated heterocycles. The Kier molecular flexibility index (Phi) is 8.74. The second-order valence-corrected chi connectivity index (χ2v) is 9.65. The minimum Gasteiger partial charge on any atom is -0.463 e. The molecule has 1 atom stereocenters. The van der Waals surface area contributed by atoms with Crippen LogP contribution < -0.4 is 5.32 Å². The summed E-state index contributed by atoms with van der Waals surface area (Å²) in [5, 5.41) is 3.95. The molecule has 2 aliphatic rings. The minimum absolute atomic E-state index is 0.105. The van der Waals surface area contributed by atoms with Gasteiger partial charge in [-0.2, -0.15) is 0 Å². The maximum Gasteiger partial charge on any atom is 0.338 e. The van der Waals surface area contributed by atoms with E-state index in [9.17, 15) is 14.4 Å². The molecule has 2 aromatic rings. The molecule has 196 valence electrons. The van der Waals surface area contributed by atoms with Crippen LogP contribution in [0.2, 0.25) is 10.0 Å². The lowest BCUT2D eigenvalue weighted by atomic mass is 9.94. The van der Waals surface area contributed by atoms with Gasteiger partial charge in [0.2, 0.25) is 0 Å². The first-order chi connectivity index (χ1) is 17.8. The van der Waals surface area contributed by atoms with Crippen molar-refractivity contribution in [3.05, 3.63) is 81.0 Å². The number of hydrogen-bond acceptors (Lipinski definition) is 5. The fourth-order valence-electron chi connectivity index (χ4n) is 4.69. The van der Waals surface area contributed by atoms with Crippen LogP contribution in [-0.4, -0.2) is 78.5 Å². The van der Waals surface area contributed by atoms with Crippen molar-refractivity contribution in [1.29, 1.82) is 0 Å². The number of likely N-dealkylation sites (N-methyl/N-ethyl adjacent to an activating group) is 1. The highest BCUT2D eigenvalue weighted by molar-refractivity contribution is 6.33. The predicted molar refractivity (Wildman–Crippen MR) is 143 cm³/mol. The lowest BCUT2D eigenvalue weighted by Gasteiger charge is -2.40. The number of nitrogens with one attached hydrogen (secondary N) is 1. The molecule has 4 rings (SSSR count). The number of benzene rings is 2. The van der Waals surface area contributed by atoms with Gasteiger partial charge in [-0.15, -0.1) is 0 Å². The van der Waals surface area contributed by atoms with Gasteiger partial charge >= 0.3 is 12.0 Å². The molecular weight excluding hydrogens is 515 g/mol. The van der Waals surface area contributed by atoms with Crippen LogP contribution in [0, 0.1) is 0 Å². The fraction of sp³-hybridized carbons (Fsp3) is 0.370. The van der Waals surface area contributed by atoms with E-state index in [0.29, 0.717) is 66.1 Å². The molecule has 0 saturated carbocycles. The summed E-state index contributed by atoms with van der Waals surface area (Å²) < 4.78 is 5.43. The first-order valence-electron chi connectivity index (χ1n) is 12.3. The molecule has 0 spiro atoms. The number of nitrogens with zero attached hydrogens (tertiary/aromatic N) is 3. The van der Waals surface area contributed by atoms with Gasteiger partial charge in [0.15, 0.2) is 0 Å². The summed E-state index contributed by atoms with van der Waals surface area (Å²) in [7, 11) is 0. The summed E-state index contributed by atoms with van der Waals surface area (Å²) in [6.45, 7) is 6.77. The summed E-state index contributed by atoms with van der Waals surface area (Å²) in [4.78, 5) is 44.8. The van der Waals surface area contributed by atoms with Gasteiger partial charge in [0, 0.05) is 50.0 Å². The van der Waals surface area contributed by atoms with Crippen molar-refractivity contribution in [2.75, 3.05) is 45.9 Å². The van der Waals surface area contributed by atoms with Crippen LogP contribution in [0.4, 0.5) is 4.79 Å². The van der Waals surface area contributed by atoms with E-state index in [2.05, 4.69) is 10.2 Å². The summed E-state index contributed by atoms with van der Waals surface area (Å²) in [5.74, 6) is -0.574. The number of urea groups is 1. The number of carbonyl (C=O) groups excluding carboxylic acids is 3. The van der Waals surface area contributed by atoms with Gasteiger partial charge in [0.05, 0.1) is 28.8 Å². The molecule has 2 aliphatic heterocycles. The first-order valence-corrected chi connectivity index (χ1v) is 13.1. The quantitative estimate of drug-likeness (QED) is 0.524. The number of halogens is 2. The van der Waals surface area contributed by atoms with E-state index in [1.54, 1.807) is 65.3 Å². The highest BCUT2D eigenvalue weighted by atomic mass is 35.5. The standard InChI is InChI=1S/C27H30Cl2N4O4/c1-3-33-22(17-31-13-15-32(16-14-31)25(34)20-7-5-6-8-21(20)29)23(26(35)37-4-2)24(30-27(33)36)18-9-11-19(28)12-10-18/h5-12,24H,3-4,13-17H2,1-2H3,(H,30,36). The van der Waals surface area contributed by atoms with E-state index in [-0.39, 0.29) is 18.5 Å². The molecule has 1 N–H and O–H groups in total. The Morgan fingerprint density at radius 3 is 2.30 bits per heavy atom. The minimum atomic E-state index is -0.662. The first kappa shape index (κ1) is 27.0. The molecule has 3 amide bonds. The lowest BCUT2D eigenvalue weighted by molar-refractivity contribution is -0.139. The van der Waals surface area contributed by atoms with Crippen LogP contribution in [0.5, 0.6) is 0 Å². The second kappa shape index (κ2) is 12.0. The van der Waals surface area contributed by atoms with E-state index in [1.807, 2.05) is 6.92 Å². The normalized spacial score (nSPS) is 18.6. The molecule has 0 radical (unpaired) electrons. The van der Waals surface area contributed by atoms with Gasteiger partial charge in [-0.05, 0) is 43.7 Å². The van der Waals surface area contributed by atoms with E-state index >= 15 is 0 Å². The van der Waals surface area contributed by atoms with Gasteiger partial charge in [-0.3, -0.25) is 14.6 Å². The number of ether oxygens (including phenoxy) is 1. The zero-order valence-corrected chi connectivity index (χ0v) is 22.4. The number of rotatable bonds is 7. The Morgan fingerprint density at radius 1 is 1.00 bits per heavy atom. The summed E-state index contributed by atoms with van der Waals surface area (Å²) >= 11 is 12.3. The number of hydrogen-bond donors (Lipinski definition) is 1. The van der Waals surface area contributed by atoms with Crippen LogP contribution in [0.3, 0.4) is 0 Å². The number of amides is 3. The summed E-state index contributed by atoms with van der Waals surface area (Å²) in [5.41, 5.74) is 2.23. The predicted octanol–water partition coefficient (Wildman–Crippen LogP) is 4.35. The average molecular weight is 545 g/mol. The Bertz CT molecular complexity index is 1190. The van der Waals surface area contributed by atoms with Gasteiger partial charge in [-0.1, -0.05) is 47.5 Å². The zero-order valence-electron chi connectivity index (χ0n) is 20.9. The Hall–Kier alpha value is -3.07. The molecule has 2 heterocycles. The molecule has 0 aliphatic carbocycles. The van der Waals surface area contributed by atoms with Crippen molar-refractivity contribution < 1.29 is 19.1 Å². The molecule has 0 bridgehead atoms. The second-order valence-electron chi connectivity index (χ2n) is 8.81. The van der Waals surface area contributed by atoms with E-state index < -0.39 is 12.0 Å². The van der Waals surface area contributed by atoms with Crippen LogP contribution in [-0.2, 0) is 9.53 Å². The van der Waals surface area contributed by atoms with Crippen LogP contribution in [0.25, 0.3) is 0 Å². The highest BCUT2D eigenvalue weighted by Crippen LogP contribution is 2.33. The van der Waals surface area contributed by atoms with Gasteiger partial charge in [0.25, 0.3) is 5.91 Å². The molecular formula is C27H30Cl2N4O4. The highest BCUT2D eigenvalue weighted by Gasteiger charge is 2.38. The third kappa shape index (κ3) is 5.92. The molecule has 2 aromatic carbocycles. The van der Waals surface area contributed by atoms with Crippen LogP contribution >= 0.6 is 23.2 Å². The lowest BCUT2D eigenvalue weighted by Crippen LogP contribution is -2.53. The number of piperazine rings is 1.